The van der Waals surface area contributed by atoms with Gasteiger partial charge in [0.25, 0.3) is 0 Å². The van der Waals surface area contributed by atoms with Crippen LogP contribution in [0.5, 0.6) is 0 Å². The lowest BCUT2D eigenvalue weighted by Crippen LogP contribution is -2.08. The summed E-state index contributed by atoms with van der Waals surface area (Å²) in [7, 11) is 0. The minimum atomic E-state index is -0.451. The molecule has 2 heterocycles. The van der Waals surface area contributed by atoms with E-state index in [-0.39, 0.29) is 11.5 Å². The summed E-state index contributed by atoms with van der Waals surface area (Å²) in [5.74, 6) is 0.248. The molecule has 0 aliphatic carbocycles. The molecular formula is C14H17N5O2. The number of nitrogens with one attached hydrogen (secondary N) is 1. The van der Waals surface area contributed by atoms with E-state index < -0.39 is 4.92 Å². The molecule has 0 saturated carbocycles. The first-order chi connectivity index (χ1) is 10.2. The molecule has 2 aromatic heterocycles. The zero-order valence-corrected chi connectivity index (χ0v) is 12.0. The fraction of sp³-hybridized carbons (Fsp3) is 0.357. The molecule has 0 aliphatic heterocycles. The molecule has 0 radical (unpaired) electrons. The standard InChI is InChI=1S/C14H17N5O2/c1-3-10-5-6-11(16-8-10)7-12-13(19(20)21)14(15-4-2)18-9-17-12/h5-6,8-9H,3-4,7H2,1-2H3,(H,15,17,18). The van der Waals surface area contributed by atoms with Crippen molar-refractivity contribution in [2.45, 2.75) is 26.7 Å². The van der Waals surface area contributed by atoms with E-state index >= 15 is 0 Å². The summed E-state index contributed by atoms with van der Waals surface area (Å²) in [6.07, 6.45) is 4.33. The van der Waals surface area contributed by atoms with Crippen LogP contribution < -0.4 is 5.32 Å². The van der Waals surface area contributed by atoms with Crippen molar-refractivity contribution in [1.29, 1.82) is 0 Å². The molecule has 0 aliphatic rings. The van der Waals surface area contributed by atoms with Crippen molar-refractivity contribution in [2.24, 2.45) is 0 Å². The largest absolute Gasteiger partial charge is 0.365 e. The lowest BCUT2D eigenvalue weighted by Gasteiger charge is -2.07. The van der Waals surface area contributed by atoms with Crippen molar-refractivity contribution in [1.82, 2.24) is 15.0 Å². The first kappa shape index (κ1) is 14.8. The van der Waals surface area contributed by atoms with Gasteiger partial charge in [-0.1, -0.05) is 13.0 Å². The Hall–Kier alpha value is -2.57. The van der Waals surface area contributed by atoms with Crippen LogP contribution in [0.15, 0.2) is 24.7 Å². The van der Waals surface area contributed by atoms with E-state index in [1.165, 1.54) is 6.33 Å². The van der Waals surface area contributed by atoms with Gasteiger partial charge in [-0.25, -0.2) is 9.97 Å². The highest BCUT2D eigenvalue weighted by atomic mass is 16.6. The van der Waals surface area contributed by atoms with Crippen LogP contribution in [0.3, 0.4) is 0 Å². The molecule has 2 rings (SSSR count). The van der Waals surface area contributed by atoms with E-state index in [4.69, 9.17) is 0 Å². The molecule has 7 heteroatoms. The molecule has 2 aromatic rings. The molecule has 0 spiro atoms. The Morgan fingerprint density at radius 3 is 2.62 bits per heavy atom. The van der Waals surface area contributed by atoms with Crippen molar-refractivity contribution in [2.75, 3.05) is 11.9 Å². The van der Waals surface area contributed by atoms with Gasteiger partial charge in [-0.3, -0.25) is 15.1 Å². The Kier molecular flexibility index (Phi) is 4.76. The average Bonchev–Trinajstić information content (AvgIpc) is 2.48. The number of pyridine rings is 1. The molecule has 0 atom stereocenters. The molecule has 0 saturated heterocycles. The number of rotatable bonds is 6. The Morgan fingerprint density at radius 1 is 1.24 bits per heavy atom. The predicted molar refractivity (Wildman–Crippen MR) is 79.3 cm³/mol. The Balaban J connectivity index is 2.33. The maximum atomic E-state index is 11.3. The molecule has 1 N–H and O–H groups in total. The third-order valence-electron chi connectivity index (χ3n) is 3.07. The summed E-state index contributed by atoms with van der Waals surface area (Å²) in [6.45, 7) is 4.46. The summed E-state index contributed by atoms with van der Waals surface area (Å²) in [5.41, 5.74) is 2.16. The number of aryl methyl sites for hydroxylation is 1. The maximum absolute atomic E-state index is 11.3. The van der Waals surface area contributed by atoms with Crippen molar-refractivity contribution in [3.05, 3.63) is 51.7 Å². The van der Waals surface area contributed by atoms with Gasteiger partial charge in [-0.05, 0) is 25.0 Å². The molecule has 0 bridgehead atoms. The molecular weight excluding hydrogens is 270 g/mol. The monoisotopic (exact) mass is 287 g/mol. The highest BCUT2D eigenvalue weighted by Crippen LogP contribution is 2.26. The second-order valence-electron chi connectivity index (χ2n) is 4.49. The summed E-state index contributed by atoms with van der Waals surface area (Å²) in [6, 6.07) is 3.85. The Labute approximate surface area is 122 Å². The third kappa shape index (κ3) is 3.50. The van der Waals surface area contributed by atoms with E-state index in [0.29, 0.717) is 18.7 Å². The van der Waals surface area contributed by atoms with Crippen LogP contribution >= 0.6 is 0 Å². The molecule has 110 valence electrons. The number of nitrogens with zero attached hydrogens (tertiary/aromatic N) is 4. The maximum Gasteiger partial charge on any atom is 0.333 e. The van der Waals surface area contributed by atoms with E-state index in [0.717, 1.165) is 17.7 Å². The molecule has 0 unspecified atom stereocenters. The highest BCUT2D eigenvalue weighted by molar-refractivity contribution is 5.58. The smallest absolute Gasteiger partial charge is 0.333 e. The first-order valence-electron chi connectivity index (χ1n) is 6.81. The predicted octanol–water partition coefficient (Wildman–Crippen LogP) is 2.36. The zero-order valence-electron chi connectivity index (χ0n) is 12.0. The zero-order chi connectivity index (χ0) is 15.2. The second kappa shape index (κ2) is 6.74. The lowest BCUT2D eigenvalue weighted by atomic mass is 10.1. The molecule has 0 fully saturated rings. The minimum absolute atomic E-state index is 0.0827. The molecule has 7 nitrogen and oxygen atoms in total. The van der Waals surface area contributed by atoms with Crippen molar-refractivity contribution in [3.8, 4) is 0 Å². The van der Waals surface area contributed by atoms with Crippen LogP contribution in [0.2, 0.25) is 0 Å². The number of hydrogen-bond donors (Lipinski definition) is 1. The van der Waals surface area contributed by atoms with Gasteiger partial charge in [-0.2, -0.15) is 0 Å². The van der Waals surface area contributed by atoms with Gasteiger partial charge in [0.1, 0.15) is 12.0 Å². The van der Waals surface area contributed by atoms with Crippen molar-refractivity contribution in [3.63, 3.8) is 0 Å². The topological polar surface area (TPSA) is 93.8 Å². The first-order valence-corrected chi connectivity index (χ1v) is 6.81. The molecule has 21 heavy (non-hydrogen) atoms. The SMILES string of the molecule is CCNc1ncnc(Cc2ccc(CC)cn2)c1[N+](=O)[O-]. The van der Waals surface area contributed by atoms with Crippen molar-refractivity contribution < 1.29 is 4.92 Å². The average molecular weight is 287 g/mol. The fourth-order valence-electron chi connectivity index (χ4n) is 1.97. The van der Waals surface area contributed by atoms with Gasteiger partial charge >= 0.3 is 5.69 Å². The molecule has 0 amide bonds. The van der Waals surface area contributed by atoms with Gasteiger partial charge in [0, 0.05) is 24.9 Å². The van der Waals surface area contributed by atoms with Crippen LogP contribution in [0.25, 0.3) is 0 Å². The van der Waals surface area contributed by atoms with Gasteiger partial charge in [-0.15, -0.1) is 0 Å². The van der Waals surface area contributed by atoms with Gasteiger partial charge < -0.3 is 5.32 Å². The van der Waals surface area contributed by atoms with E-state index in [1.807, 2.05) is 19.1 Å². The van der Waals surface area contributed by atoms with E-state index in [1.54, 1.807) is 6.20 Å². The van der Waals surface area contributed by atoms with E-state index in [9.17, 15) is 10.1 Å². The summed E-state index contributed by atoms with van der Waals surface area (Å²) in [4.78, 5) is 23.1. The number of anilines is 1. The van der Waals surface area contributed by atoms with Gasteiger partial charge in [0.05, 0.1) is 4.92 Å². The number of nitro groups is 1. The highest BCUT2D eigenvalue weighted by Gasteiger charge is 2.22. The second-order valence-corrected chi connectivity index (χ2v) is 4.49. The normalized spacial score (nSPS) is 10.4. The lowest BCUT2D eigenvalue weighted by molar-refractivity contribution is -0.385. The van der Waals surface area contributed by atoms with Crippen LogP contribution in [0, 0.1) is 10.1 Å². The van der Waals surface area contributed by atoms with Crippen molar-refractivity contribution >= 4 is 11.5 Å². The fourth-order valence-corrected chi connectivity index (χ4v) is 1.97. The third-order valence-corrected chi connectivity index (χ3v) is 3.07. The van der Waals surface area contributed by atoms with Crippen LogP contribution in [-0.2, 0) is 12.8 Å². The number of hydrogen-bond acceptors (Lipinski definition) is 6. The minimum Gasteiger partial charge on any atom is -0.365 e. The van der Waals surface area contributed by atoms with Crippen LogP contribution in [0.4, 0.5) is 11.5 Å². The van der Waals surface area contributed by atoms with Crippen LogP contribution in [-0.4, -0.2) is 26.4 Å². The number of aromatic nitrogens is 3. The van der Waals surface area contributed by atoms with Crippen LogP contribution in [0.1, 0.15) is 30.8 Å². The molecule has 0 aromatic carbocycles. The summed E-state index contributed by atoms with van der Waals surface area (Å²) in [5, 5.41) is 14.2. The van der Waals surface area contributed by atoms with Gasteiger partial charge in [0.15, 0.2) is 0 Å². The van der Waals surface area contributed by atoms with E-state index in [2.05, 4.69) is 27.2 Å². The Morgan fingerprint density at radius 2 is 2.05 bits per heavy atom. The Bertz CT molecular complexity index is 628. The summed E-state index contributed by atoms with van der Waals surface area (Å²) < 4.78 is 0. The van der Waals surface area contributed by atoms with Gasteiger partial charge in [0.2, 0.25) is 5.82 Å². The quantitative estimate of drug-likeness (QED) is 0.647. The summed E-state index contributed by atoms with van der Waals surface area (Å²) >= 11 is 0.